The maximum Gasteiger partial charge on any atom is 0.00694 e. The molecule has 2 heteroatoms. The van der Waals surface area contributed by atoms with Crippen molar-refractivity contribution in [3.8, 4) is 0 Å². The van der Waals surface area contributed by atoms with Gasteiger partial charge in [0, 0.05) is 12.1 Å². The minimum absolute atomic E-state index is 0.652. The second kappa shape index (κ2) is 7.29. The lowest BCUT2D eigenvalue weighted by atomic mass is 9.84. The Bertz CT molecular complexity index is 174. The highest BCUT2D eigenvalue weighted by atomic mass is 15.1. The number of hydrogen-bond acceptors (Lipinski definition) is 2. The van der Waals surface area contributed by atoms with Crippen LogP contribution >= 0.6 is 0 Å². The zero-order valence-electron chi connectivity index (χ0n) is 11.6. The fraction of sp³-hybridized carbons (Fsp3) is 1.00. The van der Waals surface area contributed by atoms with Gasteiger partial charge in [0.2, 0.25) is 0 Å². The van der Waals surface area contributed by atoms with E-state index in [1.54, 1.807) is 0 Å². The number of nitrogens with one attached hydrogen (secondary N) is 1. The number of rotatable bonds is 6. The fourth-order valence-corrected chi connectivity index (χ4v) is 2.75. The zero-order valence-corrected chi connectivity index (χ0v) is 11.6. The Kier molecular flexibility index (Phi) is 6.37. The van der Waals surface area contributed by atoms with Crippen LogP contribution in [0.1, 0.15) is 52.4 Å². The van der Waals surface area contributed by atoms with Crippen molar-refractivity contribution in [3.63, 3.8) is 0 Å². The van der Waals surface area contributed by atoms with Crippen LogP contribution in [0.3, 0.4) is 0 Å². The van der Waals surface area contributed by atoms with E-state index in [9.17, 15) is 0 Å². The average molecular weight is 226 g/mol. The molecule has 0 radical (unpaired) electrons. The van der Waals surface area contributed by atoms with Crippen LogP contribution in [-0.4, -0.2) is 37.6 Å². The second-order valence-electron chi connectivity index (χ2n) is 5.85. The molecule has 96 valence electrons. The zero-order chi connectivity index (χ0) is 12.0. The molecule has 1 aliphatic rings. The summed E-state index contributed by atoms with van der Waals surface area (Å²) >= 11 is 0. The lowest BCUT2D eigenvalue weighted by Crippen LogP contribution is -2.41. The summed E-state index contributed by atoms with van der Waals surface area (Å²) in [7, 11) is 4.30. The molecule has 0 heterocycles. The van der Waals surface area contributed by atoms with Gasteiger partial charge in [-0.2, -0.15) is 0 Å². The summed E-state index contributed by atoms with van der Waals surface area (Å²) in [5.41, 5.74) is 0. The molecule has 1 fully saturated rings. The third kappa shape index (κ3) is 5.31. The van der Waals surface area contributed by atoms with E-state index in [2.05, 4.69) is 38.2 Å². The van der Waals surface area contributed by atoms with Crippen LogP contribution < -0.4 is 5.32 Å². The predicted molar refractivity (Wildman–Crippen MR) is 71.8 cm³/mol. The second-order valence-corrected chi connectivity index (χ2v) is 5.85. The van der Waals surface area contributed by atoms with Crippen molar-refractivity contribution >= 4 is 0 Å². The average Bonchev–Trinajstić information content (AvgIpc) is 2.27. The molecule has 1 rings (SSSR count). The van der Waals surface area contributed by atoms with Gasteiger partial charge in [-0.3, -0.25) is 0 Å². The minimum atomic E-state index is 0.652. The third-order valence-corrected chi connectivity index (χ3v) is 3.91. The molecule has 2 unspecified atom stereocenters. The van der Waals surface area contributed by atoms with Crippen molar-refractivity contribution in [2.45, 2.75) is 64.5 Å². The normalized spacial score (nSPS) is 22.3. The van der Waals surface area contributed by atoms with Crippen LogP contribution in [0.15, 0.2) is 0 Å². The van der Waals surface area contributed by atoms with Crippen molar-refractivity contribution in [1.29, 1.82) is 0 Å². The van der Waals surface area contributed by atoms with Gasteiger partial charge in [0.05, 0.1) is 0 Å². The smallest absolute Gasteiger partial charge is 0.00694 e. The standard InChI is InChI=1S/C14H30N2/c1-12(10-11-16(3)4)15-13(2)14-8-6-5-7-9-14/h12-15H,5-11H2,1-4H3. The van der Waals surface area contributed by atoms with Crippen molar-refractivity contribution in [3.05, 3.63) is 0 Å². The summed E-state index contributed by atoms with van der Waals surface area (Å²) in [6, 6.07) is 1.36. The highest BCUT2D eigenvalue weighted by Gasteiger charge is 2.20. The molecule has 2 nitrogen and oxygen atoms in total. The summed E-state index contributed by atoms with van der Waals surface area (Å²) in [6.45, 7) is 5.89. The highest BCUT2D eigenvalue weighted by molar-refractivity contribution is 4.78. The van der Waals surface area contributed by atoms with Crippen molar-refractivity contribution in [2.24, 2.45) is 5.92 Å². The Hall–Kier alpha value is -0.0800. The van der Waals surface area contributed by atoms with Crippen LogP contribution in [0.2, 0.25) is 0 Å². The van der Waals surface area contributed by atoms with Gasteiger partial charge in [-0.05, 0) is 59.7 Å². The topological polar surface area (TPSA) is 15.3 Å². The van der Waals surface area contributed by atoms with Crippen molar-refractivity contribution in [2.75, 3.05) is 20.6 Å². The van der Waals surface area contributed by atoms with E-state index in [1.165, 1.54) is 45.1 Å². The Morgan fingerprint density at radius 1 is 1.12 bits per heavy atom. The highest BCUT2D eigenvalue weighted by Crippen LogP contribution is 2.26. The molecule has 0 bridgehead atoms. The molecule has 1 aliphatic carbocycles. The first-order valence-corrected chi connectivity index (χ1v) is 7.00. The third-order valence-electron chi connectivity index (χ3n) is 3.91. The molecular weight excluding hydrogens is 196 g/mol. The summed E-state index contributed by atoms with van der Waals surface area (Å²) in [4.78, 5) is 2.27. The SMILES string of the molecule is CC(CCN(C)C)NC(C)C1CCCCC1. The Labute approximate surface area is 102 Å². The van der Waals surface area contributed by atoms with Crippen LogP contribution in [0.25, 0.3) is 0 Å². The molecule has 0 aromatic rings. The fourth-order valence-electron chi connectivity index (χ4n) is 2.75. The maximum absolute atomic E-state index is 3.78. The molecule has 16 heavy (non-hydrogen) atoms. The summed E-state index contributed by atoms with van der Waals surface area (Å²) in [6.07, 6.45) is 8.48. The van der Waals surface area contributed by atoms with E-state index in [0.717, 1.165) is 5.92 Å². The number of nitrogens with zero attached hydrogens (tertiary/aromatic N) is 1. The van der Waals surface area contributed by atoms with Gasteiger partial charge in [-0.25, -0.2) is 0 Å². The lowest BCUT2D eigenvalue weighted by Gasteiger charge is -2.31. The Balaban J connectivity index is 2.18. The van der Waals surface area contributed by atoms with Gasteiger partial charge in [-0.15, -0.1) is 0 Å². The molecule has 1 saturated carbocycles. The molecular formula is C14H30N2. The van der Waals surface area contributed by atoms with Crippen molar-refractivity contribution in [1.82, 2.24) is 10.2 Å². The lowest BCUT2D eigenvalue weighted by molar-refractivity contribution is 0.257. The predicted octanol–water partition coefficient (Wildman–Crippen LogP) is 2.89. The van der Waals surface area contributed by atoms with Crippen LogP contribution in [0.5, 0.6) is 0 Å². The maximum atomic E-state index is 3.78. The van der Waals surface area contributed by atoms with Gasteiger partial charge in [0.1, 0.15) is 0 Å². The van der Waals surface area contributed by atoms with Crippen LogP contribution in [0.4, 0.5) is 0 Å². The molecule has 0 aromatic carbocycles. The Morgan fingerprint density at radius 2 is 1.75 bits per heavy atom. The van der Waals surface area contributed by atoms with E-state index < -0.39 is 0 Å². The molecule has 0 saturated heterocycles. The molecule has 2 atom stereocenters. The van der Waals surface area contributed by atoms with E-state index in [0.29, 0.717) is 12.1 Å². The van der Waals surface area contributed by atoms with Crippen LogP contribution in [0, 0.1) is 5.92 Å². The van der Waals surface area contributed by atoms with Crippen LogP contribution in [-0.2, 0) is 0 Å². The van der Waals surface area contributed by atoms with Gasteiger partial charge in [-0.1, -0.05) is 19.3 Å². The van der Waals surface area contributed by atoms with Gasteiger partial charge < -0.3 is 10.2 Å². The molecule has 0 amide bonds. The van der Waals surface area contributed by atoms with Gasteiger partial charge in [0.25, 0.3) is 0 Å². The van der Waals surface area contributed by atoms with Crippen molar-refractivity contribution < 1.29 is 0 Å². The first kappa shape index (κ1) is 14.0. The van der Waals surface area contributed by atoms with E-state index in [1.807, 2.05) is 0 Å². The van der Waals surface area contributed by atoms with Gasteiger partial charge in [0.15, 0.2) is 0 Å². The molecule has 1 N–H and O–H groups in total. The van der Waals surface area contributed by atoms with E-state index in [4.69, 9.17) is 0 Å². The Morgan fingerprint density at radius 3 is 2.31 bits per heavy atom. The first-order valence-electron chi connectivity index (χ1n) is 7.00. The largest absolute Gasteiger partial charge is 0.311 e. The van der Waals surface area contributed by atoms with E-state index in [-0.39, 0.29) is 0 Å². The summed E-state index contributed by atoms with van der Waals surface area (Å²) < 4.78 is 0. The molecule has 0 aromatic heterocycles. The summed E-state index contributed by atoms with van der Waals surface area (Å²) in [5.74, 6) is 0.926. The quantitative estimate of drug-likeness (QED) is 0.749. The molecule has 0 aliphatic heterocycles. The summed E-state index contributed by atoms with van der Waals surface area (Å²) in [5, 5.41) is 3.78. The minimum Gasteiger partial charge on any atom is -0.311 e. The monoisotopic (exact) mass is 226 g/mol. The molecule has 0 spiro atoms. The van der Waals surface area contributed by atoms with E-state index >= 15 is 0 Å². The first-order chi connectivity index (χ1) is 7.59. The number of hydrogen-bond donors (Lipinski definition) is 1. The van der Waals surface area contributed by atoms with Gasteiger partial charge >= 0.3 is 0 Å².